The third kappa shape index (κ3) is 5.89. The van der Waals surface area contributed by atoms with Gasteiger partial charge in [0.05, 0.1) is 4.91 Å². The molecule has 8 heteroatoms. The van der Waals surface area contributed by atoms with Crippen LogP contribution in [0, 0.1) is 24.2 Å². The van der Waals surface area contributed by atoms with Crippen molar-refractivity contribution in [1.82, 2.24) is 9.47 Å². The fraction of sp³-hybridized carbons (Fsp3) is 0.467. The summed E-state index contributed by atoms with van der Waals surface area (Å²) in [7, 11) is 0. The molecule has 200 valence electrons. The summed E-state index contributed by atoms with van der Waals surface area (Å²) in [5.74, 6) is 1.31. The second-order valence-corrected chi connectivity index (χ2v) is 11.8. The van der Waals surface area contributed by atoms with Gasteiger partial charge in [-0.25, -0.2) is 0 Å². The van der Waals surface area contributed by atoms with Crippen LogP contribution in [0.2, 0.25) is 0 Å². The predicted molar refractivity (Wildman–Crippen MR) is 160 cm³/mol. The van der Waals surface area contributed by atoms with E-state index in [1.54, 1.807) is 9.47 Å². The smallest absolute Gasteiger partial charge is 0.270 e. The van der Waals surface area contributed by atoms with Gasteiger partial charge in [0.25, 0.3) is 11.5 Å². The number of anilines is 1. The van der Waals surface area contributed by atoms with Gasteiger partial charge in [-0.3, -0.25) is 19.1 Å². The molecule has 0 unspecified atom stereocenters. The Labute approximate surface area is 235 Å². The van der Waals surface area contributed by atoms with Crippen LogP contribution in [-0.2, 0) is 17.8 Å². The highest BCUT2D eigenvalue weighted by atomic mass is 32.2. The molecule has 0 atom stereocenters. The molecule has 38 heavy (non-hydrogen) atoms. The highest BCUT2D eigenvalue weighted by molar-refractivity contribution is 8.26. The number of unbranched alkanes of at least 4 members (excludes halogenated alkanes) is 1. The highest BCUT2D eigenvalue weighted by Crippen LogP contribution is 2.37. The van der Waals surface area contributed by atoms with Crippen molar-refractivity contribution in [3.63, 3.8) is 0 Å². The van der Waals surface area contributed by atoms with E-state index >= 15 is 0 Å². The number of nitriles is 1. The first-order valence-corrected chi connectivity index (χ1v) is 14.8. The molecule has 2 aliphatic heterocycles. The Morgan fingerprint density at radius 1 is 1.11 bits per heavy atom. The lowest BCUT2D eigenvalue weighted by atomic mass is 9.90. The maximum Gasteiger partial charge on any atom is 0.270 e. The Morgan fingerprint density at radius 3 is 2.45 bits per heavy atom. The van der Waals surface area contributed by atoms with E-state index in [1.165, 1.54) is 17.3 Å². The van der Waals surface area contributed by atoms with Crippen LogP contribution in [-0.4, -0.2) is 39.3 Å². The van der Waals surface area contributed by atoms with Crippen LogP contribution < -0.4 is 10.5 Å². The van der Waals surface area contributed by atoms with Crippen LogP contribution in [0.3, 0.4) is 0 Å². The summed E-state index contributed by atoms with van der Waals surface area (Å²) in [5, 5.41) is 9.89. The van der Waals surface area contributed by atoms with Crippen LogP contribution in [0.5, 0.6) is 0 Å². The van der Waals surface area contributed by atoms with Crippen molar-refractivity contribution in [2.24, 2.45) is 5.92 Å². The molecule has 0 N–H and O–H groups in total. The van der Waals surface area contributed by atoms with Crippen molar-refractivity contribution >= 4 is 46.1 Å². The van der Waals surface area contributed by atoms with E-state index in [4.69, 9.17) is 12.2 Å². The molecule has 0 radical (unpaired) electrons. The lowest BCUT2D eigenvalue weighted by Gasteiger charge is -2.36. The summed E-state index contributed by atoms with van der Waals surface area (Å²) in [4.78, 5) is 31.2. The molecule has 2 aromatic rings. The number of thiocarbonyl (C=S) groups is 1. The molecule has 2 saturated heterocycles. The summed E-state index contributed by atoms with van der Waals surface area (Å²) >= 11 is 6.84. The molecule has 3 heterocycles. The standard InChI is InChI=1S/C30H36N4O2S2/c1-4-6-15-34-29(36)26(38-30(34)37)19-24-21(3)25(20-31)28(35)33(14-5-2)27(24)32-16-12-23(13-17-32)18-22-10-8-7-9-11-22/h7-11,19,23H,4-6,12-18H2,1-3H3. The summed E-state index contributed by atoms with van der Waals surface area (Å²) in [6, 6.07) is 12.7. The third-order valence-corrected chi connectivity index (χ3v) is 8.84. The van der Waals surface area contributed by atoms with Crippen LogP contribution in [0.4, 0.5) is 5.82 Å². The predicted octanol–water partition coefficient (Wildman–Crippen LogP) is 5.90. The Kier molecular flexibility index (Phi) is 9.45. The van der Waals surface area contributed by atoms with Crippen molar-refractivity contribution in [2.75, 3.05) is 24.5 Å². The van der Waals surface area contributed by atoms with E-state index in [2.05, 4.69) is 42.2 Å². The van der Waals surface area contributed by atoms with Gasteiger partial charge in [0.1, 0.15) is 21.8 Å². The van der Waals surface area contributed by atoms with E-state index in [-0.39, 0.29) is 17.0 Å². The Morgan fingerprint density at radius 2 is 1.82 bits per heavy atom. The van der Waals surface area contributed by atoms with Crippen LogP contribution >= 0.6 is 24.0 Å². The average molecular weight is 549 g/mol. The molecule has 1 aromatic carbocycles. The molecule has 1 aromatic heterocycles. The summed E-state index contributed by atoms with van der Waals surface area (Å²) in [6.07, 6.45) is 7.60. The number of nitrogens with zero attached hydrogens (tertiary/aromatic N) is 4. The number of hydrogen-bond donors (Lipinski definition) is 0. The minimum absolute atomic E-state index is 0.0906. The van der Waals surface area contributed by atoms with E-state index in [9.17, 15) is 14.9 Å². The first-order valence-electron chi connectivity index (χ1n) is 13.6. The molecule has 1 amide bonds. The summed E-state index contributed by atoms with van der Waals surface area (Å²) in [6.45, 7) is 8.73. The minimum atomic E-state index is -0.249. The minimum Gasteiger partial charge on any atom is -0.357 e. The van der Waals surface area contributed by atoms with Gasteiger partial charge in [0, 0.05) is 31.7 Å². The number of carbonyl (C=O) groups excluding carboxylic acids is 1. The van der Waals surface area contributed by atoms with Gasteiger partial charge >= 0.3 is 0 Å². The fourth-order valence-electron chi connectivity index (χ4n) is 5.35. The van der Waals surface area contributed by atoms with E-state index < -0.39 is 0 Å². The zero-order valence-corrected chi connectivity index (χ0v) is 24.2. The van der Waals surface area contributed by atoms with Gasteiger partial charge in [-0.2, -0.15) is 5.26 Å². The second kappa shape index (κ2) is 12.8. The number of hydrogen-bond acceptors (Lipinski definition) is 6. The molecule has 2 aliphatic rings. The maximum atomic E-state index is 13.4. The Bertz CT molecular complexity index is 1320. The molecule has 0 aliphatic carbocycles. The normalized spacial score (nSPS) is 17.5. The second-order valence-electron chi connectivity index (χ2n) is 10.1. The summed E-state index contributed by atoms with van der Waals surface area (Å²) < 4.78 is 2.32. The molecule has 0 spiro atoms. The molecule has 2 fully saturated rings. The molecule has 4 rings (SSSR count). The molecule has 6 nitrogen and oxygen atoms in total. The molecule has 0 bridgehead atoms. The van der Waals surface area contributed by atoms with Gasteiger partial charge in [0.2, 0.25) is 0 Å². The van der Waals surface area contributed by atoms with Gasteiger partial charge in [-0.15, -0.1) is 0 Å². The molecular formula is C30H36N4O2S2. The summed E-state index contributed by atoms with van der Waals surface area (Å²) in [5.41, 5.74) is 2.67. The van der Waals surface area contributed by atoms with E-state index in [1.807, 2.05) is 26.0 Å². The number of aromatic nitrogens is 1. The monoisotopic (exact) mass is 548 g/mol. The number of amides is 1. The quantitative estimate of drug-likeness (QED) is 0.287. The van der Waals surface area contributed by atoms with Crippen LogP contribution in [0.1, 0.15) is 68.2 Å². The highest BCUT2D eigenvalue weighted by Gasteiger charge is 2.33. The van der Waals surface area contributed by atoms with Crippen molar-refractivity contribution in [2.45, 2.75) is 65.8 Å². The Balaban J connectivity index is 1.72. The molecule has 0 saturated carbocycles. The average Bonchev–Trinajstić information content (AvgIpc) is 3.19. The van der Waals surface area contributed by atoms with Gasteiger partial charge < -0.3 is 4.90 Å². The van der Waals surface area contributed by atoms with Crippen LogP contribution in [0.15, 0.2) is 40.0 Å². The first kappa shape index (κ1) is 28.1. The lowest BCUT2D eigenvalue weighted by Crippen LogP contribution is -2.40. The van der Waals surface area contributed by atoms with Gasteiger partial charge in [-0.05, 0) is 62.1 Å². The lowest BCUT2D eigenvalue weighted by molar-refractivity contribution is -0.122. The van der Waals surface area contributed by atoms with Gasteiger partial charge in [0.15, 0.2) is 0 Å². The number of carbonyl (C=O) groups is 1. The first-order chi connectivity index (χ1) is 18.4. The van der Waals surface area contributed by atoms with Crippen molar-refractivity contribution in [3.8, 4) is 6.07 Å². The SMILES string of the molecule is CCCCN1C(=O)C(=Cc2c(C)c(C#N)c(=O)n(CCC)c2N2CCC(Cc3ccccc3)CC2)SC1=S. The van der Waals surface area contributed by atoms with Crippen molar-refractivity contribution in [3.05, 3.63) is 67.8 Å². The largest absolute Gasteiger partial charge is 0.357 e. The fourth-order valence-corrected chi connectivity index (χ4v) is 6.64. The maximum absolute atomic E-state index is 13.4. The number of thioether (sulfide) groups is 1. The van der Waals surface area contributed by atoms with E-state index in [0.29, 0.717) is 33.8 Å². The van der Waals surface area contributed by atoms with Crippen molar-refractivity contribution in [1.29, 1.82) is 5.26 Å². The number of benzene rings is 1. The van der Waals surface area contributed by atoms with E-state index in [0.717, 1.165) is 63.0 Å². The van der Waals surface area contributed by atoms with Gasteiger partial charge in [-0.1, -0.05) is 74.6 Å². The topological polar surface area (TPSA) is 69.3 Å². The number of pyridine rings is 1. The van der Waals surface area contributed by atoms with Crippen LogP contribution in [0.25, 0.3) is 6.08 Å². The zero-order valence-electron chi connectivity index (χ0n) is 22.5. The number of rotatable bonds is 9. The molecular weight excluding hydrogens is 512 g/mol. The Hall–Kier alpha value is -2.89. The third-order valence-electron chi connectivity index (χ3n) is 7.46. The van der Waals surface area contributed by atoms with Crippen molar-refractivity contribution < 1.29 is 4.79 Å². The zero-order chi connectivity index (χ0) is 27.2. The number of piperidine rings is 1.